The summed E-state index contributed by atoms with van der Waals surface area (Å²) in [6, 6.07) is 6.22. The van der Waals surface area contributed by atoms with E-state index in [1.807, 2.05) is 0 Å². The summed E-state index contributed by atoms with van der Waals surface area (Å²) in [5, 5.41) is 3.62. The number of nitrogens with two attached hydrogens (primary N) is 1. The molecule has 0 aliphatic carbocycles. The van der Waals surface area contributed by atoms with Crippen molar-refractivity contribution in [3.05, 3.63) is 23.8 Å². The molecule has 0 bridgehead atoms. The minimum absolute atomic E-state index is 0.0784. The minimum Gasteiger partial charge on any atom is -0.389 e. The SMILES string of the molecule is CCSc1cccc(NC(C)(CC)CC)c1C(N)=S. The van der Waals surface area contributed by atoms with Gasteiger partial charge >= 0.3 is 0 Å². The molecule has 0 fully saturated rings. The zero-order valence-electron chi connectivity index (χ0n) is 12.2. The van der Waals surface area contributed by atoms with E-state index in [1.54, 1.807) is 11.8 Å². The van der Waals surface area contributed by atoms with Gasteiger partial charge in [0.05, 0.1) is 0 Å². The smallest absolute Gasteiger partial charge is 0.107 e. The fourth-order valence-electron chi connectivity index (χ4n) is 1.92. The van der Waals surface area contributed by atoms with Crippen molar-refractivity contribution in [2.24, 2.45) is 5.73 Å². The standard InChI is InChI=1S/C15H24N2S2/c1-5-15(4,6-2)17-11-9-8-10-12(19-7-3)13(11)14(16)18/h8-10,17H,5-7H2,1-4H3,(H2,16,18). The van der Waals surface area contributed by atoms with Gasteiger partial charge in [0.2, 0.25) is 0 Å². The topological polar surface area (TPSA) is 38.0 Å². The predicted molar refractivity (Wildman–Crippen MR) is 91.3 cm³/mol. The largest absolute Gasteiger partial charge is 0.389 e. The highest BCUT2D eigenvalue weighted by molar-refractivity contribution is 7.99. The fraction of sp³-hybridized carbons (Fsp3) is 0.533. The van der Waals surface area contributed by atoms with E-state index >= 15 is 0 Å². The molecule has 19 heavy (non-hydrogen) atoms. The molecule has 106 valence electrons. The number of benzene rings is 1. The molecule has 4 heteroatoms. The summed E-state index contributed by atoms with van der Waals surface area (Å²) in [5.74, 6) is 1.01. The molecule has 0 saturated carbocycles. The molecule has 1 aromatic rings. The molecule has 0 saturated heterocycles. The third-order valence-electron chi connectivity index (χ3n) is 3.57. The van der Waals surface area contributed by atoms with Gasteiger partial charge in [-0.1, -0.05) is 39.1 Å². The summed E-state index contributed by atoms with van der Waals surface area (Å²) in [4.78, 5) is 1.63. The zero-order valence-corrected chi connectivity index (χ0v) is 13.9. The first-order chi connectivity index (χ1) is 8.97. The fourth-order valence-corrected chi connectivity index (χ4v) is 3.05. The Balaban J connectivity index is 3.20. The number of nitrogens with one attached hydrogen (secondary N) is 1. The van der Waals surface area contributed by atoms with E-state index in [0.29, 0.717) is 4.99 Å². The molecule has 1 rings (SSSR count). The van der Waals surface area contributed by atoms with Crippen LogP contribution < -0.4 is 11.1 Å². The Kier molecular flexibility index (Phi) is 6.14. The molecular weight excluding hydrogens is 272 g/mol. The van der Waals surface area contributed by atoms with Crippen molar-refractivity contribution >= 4 is 34.7 Å². The summed E-state index contributed by atoms with van der Waals surface area (Å²) in [7, 11) is 0. The average molecular weight is 297 g/mol. The molecule has 0 heterocycles. The Morgan fingerprint density at radius 2 is 1.95 bits per heavy atom. The lowest BCUT2D eigenvalue weighted by atomic mass is 9.94. The highest BCUT2D eigenvalue weighted by Crippen LogP contribution is 2.31. The Labute approximate surface area is 126 Å². The van der Waals surface area contributed by atoms with Gasteiger partial charge in [0, 0.05) is 21.7 Å². The van der Waals surface area contributed by atoms with E-state index in [0.717, 1.165) is 34.7 Å². The van der Waals surface area contributed by atoms with Gasteiger partial charge in [-0.25, -0.2) is 0 Å². The Hall–Kier alpha value is -0.740. The van der Waals surface area contributed by atoms with Crippen LogP contribution in [0.15, 0.2) is 23.1 Å². The van der Waals surface area contributed by atoms with Crippen LogP contribution >= 0.6 is 24.0 Å². The average Bonchev–Trinajstić information content (AvgIpc) is 2.39. The van der Waals surface area contributed by atoms with E-state index in [4.69, 9.17) is 18.0 Å². The monoisotopic (exact) mass is 296 g/mol. The van der Waals surface area contributed by atoms with Crippen molar-refractivity contribution in [1.82, 2.24) is 0 Å². The number of anilines is 1. The summed E-state index contributed by atoms with van der Waals surface area (Å²) < 4.78 is 0. The van der Waals surface area contributed by atoms with Crippen LogP contribution in [-0.4, -0.2) is 16.3 Å². The lowest BCUT2D eigenvalue weighted by Gasteiger charge is -2.31. The first-order valence-corrected chi connectivity index (χ1v) is 8.20. The molecule has 2 nitrogen and oxygen atoms in total. The molecule has 0 radical (unpaired) electrons. The van der Waals surface area contributed by atoms with E-state index in [-0.39, 0.29) is 5.54 Å². The Morgan fingerprint density at radius 3 is 2.42 bits per heavy atom. The minimum atomic E-state index is 0.0784. The number of rotatable bonds is 7. The van der Waals surface area contributed by atoms with Crippen LogP contribution in [0.5, 0.6) is 0 Å². The van der Waals surface area contributed by atoms with Crippen LogP contribution in [0.4, 0.5) is 5.69 Å². The maximum atomic E-state index is 5.93. The molecule has 0 aromatic heterocycles. The van der Waals surface area contributed by atoms with Crippen molar-refractivity contribution < 1.29 is 0 Å². The molecule has 0 amide bonds. The number of hydrogen-bond donors (Lipinski definition) is 2. The second kappa shape index (κ2) is 7.15. The van der Waals surface area contributed by atoms with Crippen LogP contribution in [0.25, 0.3) is 0 Å². The van der Waals surface area contributed by atoms with E-state index in [9.17, 15) is 0 Å². The van der Waals surface area contributed by atoms with Crippen LogP contribution in [0.3, 0.4) is 0 Å². The van der Waals surface area contributed by atoms with E-state index < -0.39 is 0 Å². The number of hydrogen-bond acceptors (Lipinski definition) is 3. The van der Waals surface area contributed by atoms with Gasteiger partial charge in [0.15, 0.2) is 0 Å². The molecule has 1 aromatic carbocycles. The second-order valence-corrected chi connectivity index (χ2v) is 6.61. The molecule has 0 spiro atoms. The third kappa shape index (κ3) is 4.11. The van der Waals surface area contributed by atoms with Crippen molar-refractivity contribution in [1.29, 1.82) is 0 Å². The van der Waals surface area contributed by atoms with Gasteiger partial charge in [-0.15, -0.1) is 11.8 Å². The van der Waals surface area contributed by atoms with E-state index in [2.05, 4.69) is 51.2 Å². The highest BCUT2D eigenvalue weighted by Gasteiger charge is 2.21. The van der Waals surface area contributed by atoms with Gasteiger partial charge in [-0.3, -0.25) is 0 Å². The molecule has 0 aliphatic rings. The number of thioether (sulfide) groups is 1. The van der Waals surface area contributed by atoms with Gasteiger partial charge in [0.25, 0.3) is 0 Å². The summed E-state index contributed by atoms with van der Waals surface area (Å²) in [6.07, 6.45) is 2.12. The molecular formula is C15H24N2S2. The summed E-state index contributed by atoms with van der Waals surface area (Å²) in [5.41, 5.74) is 8.04. The highest BCUT2D eigenvalue weighted by atomic mass is 32.2. The maximum Gasteiger partial charge on any atom is 0.107 e. The van der Waals surface area contributed by atoms with Crippen molar-refractivity contribution in [3.8, 4) is 0 Å². The normalized spacial score (nSPS) is 11.4. The lowest BCUT2D eigenvalue weighted by Crippen LogP contribution is -2.34. The third-order valence-corrected chi connectivity index (χ3v) is 4.71. The quantitative estimate of drug-likeness (QED) is 0.577. The van der Waals surface area contributed by atoms with E-state index in [1.165, 1.54) is 0 Å². The van der Waals surface area contributed by atoms with Crippen molar-refractivity contribution in [2.45, 2.75) is 51.0 Å². The summed E-state index contributed by atoms with van der Waals surface area (Å²) >= 11 is 7.02. The molecule has 0 aliphatic heterocycles. The lowest BCUT2D eigenvalue weighted by molar-refractivity contribution is 0.478. The van der Waals surface area contributed by atoms with Crippen molar-refractivity contribution in [3.63, 3.8) is 0 Å². The van der Waals surface area contributed by atoms with Crippen LogP contribution in [0, 0.1) is 0 Å². The predicted octanol–water partition coefficient (Wildman–Crippen LogP) is 4.42. The second-order valence-electron chi connectivity index (χ2n) is 4.87. The first-order valence-electron chi connectivity index (χ1n) is 6.81. The molecule has 0 unspecified atom stereocenters. The maximum absolute atomic E-state index is 5.93. The van der Waals surface area contributed by atoms with Gasteiger partial charge < -0.3 is 11.1 Å². The molecule has 0 atom stereocenters. The van der Waals surface area contributed by atoms with Crippen LogP contribution in [0.2, 0.25) is 0 Å². The van der Waals surface area contributed by atoms with Gasteiger partial charge in [-0.05, 0) is 37.7 Å². The first kappa shape index (κ1) is 16.3. The molecule has 3 N–H and O–H groups in total. The van der Waals surface area contributed by atoms with Crippen molar-refractivity contribution in [2.75, 3.05) is 11.1 Å². The Bertz CT molecular complexity index is 440. The van der Waals surface area contributed by atoms with Crippen LogP contribution in [0.1, 0.15) is 46.1 Å². The van der Waals surface area contributed by atoms with Gasteiger partial charge in [-0.2, -0.15) is 0 Å². The van der Waals surface area contributed by atoms with Gasteiger partial charge in [0.1, 0.15) is 4.99 Å². The Morgan fingerprint density at radius 1 is 1.32 bits per heavy atom. The van der Waals surface area contributed by atoms with Crippen LogP contribution in [-0.2, 0) is 0 Å². The summed E-state index contributed by atoms with van der Waals surface area (Å²) in [6.45, 7) is 8.76. The zero-order chi connectivity index (χ0) is 14.5. The number of thiocarbonyl (C=S) groups is 1.